The van der Waals surface area contributed by atoms with Crippen LogP contribution >= 0.6 is 11.6 Å². The summed E-state index contributed by atoms with van der Waals surface area (Å²) >= 11 is 5.92. The van der Waals surface area contributed by atoms with Crippen molar-refractivity contribution < 1.29 is 4.79 Å². The lowest BCUT2D eigenvalue weighted by molar-refractivity contribution is 0.0948. The van der Waals surface area contributed by atoms with E-state index >= 15 is 0 Å². The van der Waals surface area contributed by atoms with E-state index in [1.807, 2.05) is 13.8 Å². The van der Waals surface area contributed by atoms with Crippen LogP contribution in [0.15, 0.2) is 6.20 Å². The Morgan fingerprint density at radius 1 is 1.61 bits per heavy atom. The quantitative estimate of drug-likeness (QED) is 0.657. The van der Waals surface area contributed by atoms with Gasteiger partial charge < -0.3 is 5.32 Å². The molecule has 0 radical (unpaired) electrons. The third kappa shape index (κ3) is 4.01. The summed E-state index contributed by atoms with van der Waals surface area (Å²) in [6.45, 7) is 4.43. The number of rotatable bonds is 5. The predicted molar refractivity (Wildman–Crippen MR) is 71.5 cm³/mol. The number of nitrogens with zero attached hydrogens (tertiary/aromatic N) is 2. The monoisotopic (exact) mass is 265 g/mol. The first kappa shape index (κ1) is 14.5. The van der Waals surface area contributed by atoms with Crippen molar-refractivity contribution in [2.24, 2.45) is 0 Å². The standard InChI is InChI=1S/C13H16ClN3O/c1-4-5-6-7-15-13(18)11-10(14)8-16-12(17-11)9(2)3/h1,8-9H,5-7H2,2-3H3,(H,15,18). The molecule has 1 N–H and O–H groups in total. The van der Waals surface area contributed by atoms with Gasteiger partial charge >= 0.3 is 0 Å². The van der Waals surface area contributed by atoms with Crippen molar-refractivity contribution >= 4 is 17.5 Å². The molecule has 0 aliphatic carbocycles. The molecule has 0 aliphatic heterocycles. The Morgan fingerprint density at radius 2 is 2.33 bits per heavy atom. The van der Waals surface area contributed by atoms with E-state index in [9.17, 15) is 4.79 Å². The highest BCUT2D eigenvalue weighted by molar-refractivity contribution is 6.33. The van der Waals surface area contributed by atoms with Gasteiger partial charge in [-0.2, -0.15) is 0 Å². The van der Waals surface area contributed by atoms with Crippen LogP contribution in [-0.4, -0.2) is 22.4 Å². The van der Waals surface area contributed by atoms with Crippen LogP contribution in [0.3, 0.4) is 0 Å². The van der Waals surface area contributed by atoms with Gasteiger partial charge in [0.2, 0.25) is 0 Å². The van der Waals surface area contributed by atoms with Gasteiger partial charge in [-0.3, -0.25) is 4.79 Å². The van der Waals surface area contributed by atoms with Crippen LogP contribution in [0.5, 0.6) is 0 Å². The van der Waals surface area contributed by atoms with E-state index in [1.165, 1.54) is 6.20 Å². The molecule has 18 heavy (non-hydrogen) atoms. The Kier molecular flexibility index (Phi) is 5.60. The van der Waals surface area contributed by atoms with Crippen molar-refractivity contribution in [3.8, 4) is 12.3 Å². The minimum absolute atomic E-state index is 0.148. The van der Waals surface area contributed by atoms with E-state index in [4.69, 9.17) is 18.0 Å². The molecule has 0 atom stereocenters. The van der Waals surface area contributed by atoms with Gasteiger partial charge in [-0.25, -0.2) is 9.97 Å². The molecular weight excluding hydrogens is 250 g/mol. The van der Waals surface area contributed by atoms with Crippen molar-refractivity contribution in [1.29, 1.82) is 0 Å². The molecule has 1 aromatic heterocycles. The Bertz CT molecular complexity index is 466. The fraction of sp³-hybridized carbons (Fsp3) is 0.462. The van der Waals surface area contributed by atoms with E-state index in [0.717, 1.165) is 6.42 Å². The summed E-state index contributed by atoms with van der Waals surface area (Å²) in [4.78, 5) is 20.1. The molecule has 4 nitrogen and oxygen atoms in total. The number of halogens is 1. The summed E-state index contributed by atoms with van der Waals surface area (Å²) in [6.07, 6.45) is 7.96. The number of carbonyl (C=O) groups excluding carboxylic acids is 1. The van der Waals surface area contributed by atoms with Gasteiger partial charge in [-0.1, -0.05) is 25.4 Å². The average Bonchev–Trinajstić information content (AvgIpc) is 2.34. The zero-order valence-electron chi connectivity index (χ0n) is 10.5. The van der Waals surface area contributed by atoms with Gasteiger partial charge in [0, 0.05) is 18.9 Å². The Hall–Kier alpha value is -1.60. The van der Waals surface area contributed by atoms with Gasteiger partial charge in [-0.15, -0.1) is 12.3 Å². The minimum atomic E-state index is -0.290. The lowest BCUT2D eigenvalue weighted by Gasteiger charge is -2.08. The smallest absolute Gasteiger partial charge is 0.271 e. The van der Waals surface area contributed by atoms with Crippen molar-refractivity contribution in [1.82, 2.24) is 15.3 Å². The van der Waals surface area contributed by atoms with Crippen LogP contribution < -0.4 is 5.32 Å². The molecule has 0 aliphatic rings. The molecule has 1 rings (SSSR count). The SMILES string of the molecule is C#CCCCNC(=O)c1nc(C(C)C)ncc1Cl. The van der Waals surface area contributed by atoms with E-state index in [2.05, 4.69) is 21.2 Å². The molecule has 0 fully saturated rings. The highest BCUT2D eigenvalue weighted by Gasteiger charge is 2.14. The Morgan fingerprint density at radius 3 is 2.94 bits per heavy atom. The normalized spacial score (nSPS) is 10.2. The zero-order valence-corrected chi connectivity index (χ0v) is 11.3. The molecule has 1 heterocycles. The summed E-state index contributed by atoms with van der Waals surface area (Å²) < 4.78 is 0. The summed E-state index contributed by atoms with van der Waals surface area (Å²) in [6, 6.07) is 0. The lowest BCUT2D eigenvalue weighted by Crippen LogP contribution is -2.26. The maximum absolute atomic E-state index is 11.9. The minimum Gasteiger partial charge on any atom is -0.351 e. The van der Waals surface area contributed by atoms with Gasteiger partial charge in [-0.05, 0) is 6.42 Å². The fourth-order valence-corrected chi connectivity index (χ4v) is 1.47. The Labute approximate surface area is 112 Å². The van der Waals surface area contributed by atoms with Gasteiger partial charge in [0.1, 0.15) is 11.5 Å². The van der Waals surface area contributed by atoms with E-state index in [1.54, 1.807) is 0 Å². The van der Waals surface area contributed by atoms with E-state index in [0.29, 0.717) is 18.8 Å². The number of terminal acetylenes is 1. The number of hydrogen-bond donors (Lipinski definition) is 1. The number of aromatic nitrogens is 2. The molecule has 0 aromatic carbocycles. The molecule has 96 valence electrons. The zero-order chi connectivity index (χ0) is 13.5. The molecular formula is C13H16ClN3O. The second-order valence-corrected chi connectivity index (χ2v) is 4.55. The molecule has 5 heteroatoms. The first-order valence-electron chi connectivity index (χ1n) is 5.80. The average molecular weight is 266 g/mol. The lowest BCUT2D eigenvalue weighted by atomic mass is 10.2. The van der Waals surface area contributed by atoms with Crippen LogP contribution in [0.1, 0.15) is 48.9 Å². The third-order valence-electron chi connectivity index (χ3n) is 2.28. The summed E-state index contributed by atoms with van der Waals surface area (Å²) in [5, 5.41) is 2.99. The molecule has 0 unspecified atom stereocenters. The highest BCUT2D eigenvalue weighted by Crippen LogP contribution is 2.16. The molecule has 0 saturated heterocycles. The van der Waals surface area contributed by atoms with Crippen LogP contribution in [0.25, 0.3) is 0 Å². The summed E-state index contributed by atoms with van der Waals surface area (Å²) in [5.74, 6) is 2.98. The van der Waals surface area contributed by atoms with Crippen LogP contribution in [0.4, 0.5) is 0 Å². The number of nitrogens with one attached hydrogen (secondary N) is 1. The molecule has 1 aromatic rings. The van der Waals surface area contributed by atoms with E-state index < -0.39 is 0 Å². The first-order valence-corrected chi connectivity index (χ1v) is 6.18. The number of carbonyl (C=O) groups is 1. The fourth-order valence-electron chi connectivity index (χ4n) is 1.29. The second kappa shape index (κ2) is 6.97. The predicted octanol–water partition coefficient (Wildman–Crippen LogP) is 2.40. The van der Waals surface area contributed by atoms with Crippen molar-refractivity contribution in [3.63, 3.8) is 0 Å². The maximum atomic E-state index is 11.9. The largest absolute Gasteiger partial charge is 0.351 e. The summed E-state index contributed by atoms with van der Waals surface area (Å²) in [5.41, 5.74) is 0.219. The van der Waals surface area contributed by atoms with Crippen LogP contribution in [-0.2, 0) is 0 Å². The number of unbranched alkanes of at least 4 members (excludes halogenated alkanes) is 1. The van der Waals surface area contributed by atoms with E-state index in [-0.39, 0.29) is 22.5 Å². The van der Waals surface area contributed by atoms with Gasteiger partial charge in [0.15, 0.2) is 0 Å². The van der Waals surface area contributed by atoms with Crippen LogP contribution in [0, 0.1) is 12.3 Å². The molecule has 0 bridgehead atoms. The summed E-state index contributed by atoms with van der Waals surface area (Å²) in [7, 11) is 0. The first-order chi connectivity index (χ1) is 8.56. The van der Waals surface area contributed by atoms with Gasteiger partial charge in [0.25, 0.3) is 5.91 Å². The number of hydrogen-bond acceptors (Lipinski definition) is 3. The van der Waals surface area contributed by atoms with Crippen LogP contribution in [0.2, 0.25) is 5.02 Å². The van der Waals surface area contributed by atoms with Gasteiger partial charge in [0.05, 0.1) is 11.2 Å². The second-order valence-electron chi connectivity index (χ2n) is 4.14. The third-order valence-corrected chi connectivity index (χ3v) is 2.55. The topological polar surface area (TPSA) is 54.9 Å². The molecule has 0 saturated carbocycles. The maximum Gasteiger partial charge on any atom is 0.271 e. The molecule has 1 amide bonds. The van der Waals surface area contributed by atoms with Crippen molar-refractivity contribution in [3.05, 3.63) is 22.7 Å². The van der Waals surface area contributed by atoms with Crippen molar-refractivity contribution in [2.45, 2.75) is 32.6 Å². The highest BCUT2D eigenvalue weighted by atomic mass is 35.5. The number of amides is 1. The molecule has 0 spiro atoms. The van der Waals surface area contributed by atoms with Crippen molar-refractivity contribution in [2.75, 3.05) is 6.54 Å². The Balaban J connectivity index is 2.72.